The number of carbonyl (C=O) groups excluding carboxylic acids is 2. The molecule has 0 saturated heterocycles. The zero-order valence-corrected chi connectivity index (χ0v) is 17.4. The van der Waals surface area contributed by atoms with Crippen molar-refractivity contribution in [2.24, 2.45) is 0 Å². The molecular weight excluding hydrogens is 386 g/mol. The molecule has 0 aliphatic carbocycles. The second-order valence-electron chi connectivity index (χ2n) is 7.45. The summed E-state index contributed by atoms with van der Waals surface area (Å²) in [6.07, 6.45) is -0.648. The standard InChI is InChI=1S/C23H23NO4S/c1-23(2,3)28-22(27)24-21-19(17(26)14-25)18(15-10-6-4-7-11-15)20(29-21)16-12-8-5-9-13-16/h4-13,25H,14H2,1-3H3,(H,24,27). The summed E-state index contributed by atoms with van der Waals surface area (Å²) in [6.45, 7) is 4.65. The normalized spacial score (nSPS) is 11.2. The van der Waals surface area contributed by atoms with Crippen LogP contribution < -0.4 is 5.32 Å². The van der Waals surface area contributed by atoms with Crippen LogP contribution in [0, 0.1) is 0 Å². The van der Waals surface area contributed by atoms with Crippen molar-refractivity contribution in [2.75, 3.05) is 11.9 Å². The lowest BCUT2D eigenvalue weighted by molar-refractivity contribution is 0.0636. The summed E-state index contributed by atoms with van der Waals surface area (Å²) in [5, 5.41) is 12.7. The van der Waals surface area contributed by atoms with Gasteiger partial charge in [0.25, 0.3) is 0 Å². The number of ether oxygens (including phenoxy) is 1. The van der Waals surface area contributed by atoms with E-state index < -0.39 is 24.1 Å². The molecule has 5 nitrogen and oxygen atoms in total. The SMILES string of the molecule is CC(C)(C)OC(=O)Nc1sc(-c2ccccc2)c(-c2ccccc2)c1C(=O)CO. The fourth-order valence-corrected chi connectivity index (χ4v) is 4.17. The van der Waals surface area contributed by atoms with Crippen molar-refractivity contribution in [3.8, 4) is 21.6 Å². The third-order valence-corrected chi connectivity index (χ3v) is 5.20. The van der Waals surface area contributed by atoms with E-state index in [0.717, 1.165) is 16.0 Å². The van der Waals surface area contributed by atoms with Crippen LogP contribution in [-0.2, 0) is 4.74 Å². The van der Waals surface area contributed by atoms with Crippen LogP contribution in [0.4, 0.5) is 9.80 Å². The second-order valence-corrected chi connectivity index (χ2v) is 8.47. The predicted octanol–water partition coefficient (Wildman–Crippen LogP) is 5.60. The first kappa shape index (κ1) is 20.8. The Morgan fingerprint density at radius 3 is 2.03 bits per heavy atom. The van der Waals surface area contributed by atoms with Gasteiger partial charge in [0.15, 0.2) is 5.78 Å². The average Bonchev–Trinajstić information content (AvgIpc) is 3.06. The van der Waals surface area contributed by atoms with Gasteiger partial charge < -0.3 is 9.84 Å². The molecule has 0 radical (unpaired) electrons. The highest BCUT2D eigenvalue weighted by Gasteiger charge is 2.27. The Morgan fingerprint density at radius 2 is 1.52 bits per heavy atom. The molecule has 150 valence electrons. The molecule has 0 bridgehead atoms. The van der Waals surface area contributed by atoms with Gasteiger partial charge in [0, 0.05) is 10.4 Å². The van der Waals surface area contributed by atoms with Gasteiger partial charge in [-0.2, -0.15) is 0 Å². The number of benzene rings is 2. The van der Waals surface area contributed by atoms with Crippen LogP contribution in [0.15, 0.2) is 60.7 Å². The van der Waals surface area contributed by atoms with Crippen LogP contribution in [0.1, 0.15) is 31.1 Å². The first-order valence-electron chi connectivity index (χ1n) is 9.22. The maximum atomic E-state index is 12.7. The molecule has 6 heteroatoms. The first-order chi connectivity index (χ1) is 13.8. The van der Waals surface area contributed by atoms with E-state index in [1.54, 1.807) is 20.8 Å². The zero-order chi connectivity index (χ0) is 21.0. The third-order valence-electron chi connectivity index (χ3n) is 4.04. The van der Waals surface area contributed by atoms with Crippen LogP contribution in [0.25, 0.3) is 21.6 Å². The monoisotopic (exact) mass is 409 g/mol. The van der Waals surface area contributed by atoms with Crippen molar-refractivity contribution < 1.29 is 19.4 Å². The number of hydrogen-bond acceptors (Lipinski definition) is 5. The van der Waals surface area contributed by atoms with Gasteiger partial charge in [0.05, 0.1) is 5.56 Å². The van der Waals surface area contributed by atoms with E-state index >= 15 is 0 Å². The quantitative estimate of drug-likeness (QED) is 0.538. The predicted molar refractivity (Wildman–Crippen MR) is 116 cm³/mol. The molecule has 0 aliphatic rings. The summed E-state index contributed by atoms with van der Waals surface area (Å²) in [7, 11) is 0. The Labute approximate surface area is 174 Å². The van der Waals surface area contributed by atoms with Gasteiger partial charge >= 0.3 is 6.09 Å². The number of amides is 1. The number of Topliss-reactive ketones (excluding diaryl/α,β-unsaturated/α-hetero) is 1. The minimum atomic E-state index is -0.674. The molecule has 2 aromatic carbocycles. The highest BCUT2D eigenvalue weighted by molar-refractivity contribution is 7.20. The average molecular weight is 410 g/mol. The Hall–Kier alpha value is -2.96. The van der Waals surface area contributed by atoms with Crippen molar-refractivity contribution in [1.29, 1.82) is 0 Å². The summed E-state index contributed by atoms with van der Waals surface area (Å²) in [5.74, 6) is -0.464. The Balaban J connectivity index is 2.20. The first-order valence-corrected chi connectivity index (χ1v) is 10.0. The molecular formula is C23H23NO4S. The molecule has 0 saturated carbocycles. The molecule has 3 aromatic rings. The van der Waals surface area contributed by atoms with Gasteiger partial charge in [-0.25, -0.2) is 4.79 Å². The Kier molecular flexibility index (Phi) is 6.15. The fraction of sp³-hybridized carbons (Fsp3) is 0.217. The number of aliphatic hydroxyl groups is 1. The van der Waals surface area contributed by atoms with E-state index in [9.17, 15) is 14.7 Å². The molecule has 0 aliphatic heterocycles. The van der Waals surface area contributed by atoms with E-state index in [-0.39, 0.29) is 5.56 Å². The second kappa shape index (κ2) is 8.59. The highest BCUT2D eigenvalue weighted by atomic mass is 32.1. The molecule has 0 atom stereocenters. The van der Waals surface area contributed by atoms with Crippen molar-refractivity contribution >= 4 is 28.2 Å². The number of aliphatic hydroxyl groups excluding tert-OH is 1. The molecule has 2 N–H and O–H groups in total. The molecule has 29 heavy (non-hydrogen) atoms. The minimum absolute atomic E-state index is 0.286. The maximum absolute atomic E-state index is 12.7. The van der Waals surface area contributed by atoms with E-state index in [2.05, 4.69) is 5.32 Å². The molecule has 0 fully saturated rings. The van der Waals surface area contributed by atoms with Crippen molar-refractivity contribution in [3.05, 3.63) is 66.2 Å². The van der Waals surface area contributed by atoms with Crippen LogP contribution in [0.2, 0.25) is 0 Å². The van der Waals surface area contributed by atoms with E-state index in [0.29, 0.717) is 10.6 Å². The van der Waals surface area contributed by atoms with Gasteiger partial charge in [-0.15, -0.1) is 11.3 Å². The van der Waals surface area contributed by atoms with Crippen molar-refractivity contribution in [3.63, 3.8) is 0 Å². The van der Waals surface area contributed by atoms with Gasteiger partial charge in [-0.3, -0.25) is 10.1 Å². The smallest absolute Gasteiger partial charge is 0.412 e. The number of anilines is 1. The lowest BCUT2D eigenvalue weighted by atomic mass is 9.96. The van der Waals surface area contributed by atoms with E-state index in [1.807, 2.05) is 60.7 Å². The number of rotatable bonds is 5. The number of thiophene rings is 1. The molecule has 1 aromatic heterocycles. The topological polar surface area (TPSA) is 75.6 Å². The molecule has 1 amide bonds. The highest BCUT2D eigenvalue weighted by Crippen LogP contribution is 2.46. The Morgan fingerprint density at radius 1 is 0.966 bits per heavy atom. The number of carbonyl (C=O) groups is 2. The van der Waals surface area contributed by atoms with Gasteiger partial charge in [-0.1, -0.05) is 60.7 Å². The number of hydrogen-bond donors (Lipinski definition) is 2. The molecule has 3 rings (SSSR count). The number of nitrogens with one attached hydrogen (secondary N) is 1. The lowest BCUT2D eigenvalue weighted by Gasteiger charge is -2.19. The molecule has 0 unspecified atom stereocenters. The zero-order valence-electron chi connectivity index (χ0n) is 16.6. The van der Waals surface area contributed by atoms with E-state index in [1.165, 1.54) is 11.3 Å². The lowest BCUT2D eigenvalue weighted by Crippen LogP contribution is -2.27. The summed E-state index contributed by atoms with van der Waals surface area (Å²) in [6, 6.07) is 19.1. The van der Waals surface area contributed by atoms with Gasteiger partial charge in [-0.05, 0) is 31.9 Å². The van der Waals surface area contributed by atoms with Crippen LogP contribution in [0.3, 0.4) is 0 Å². The summed E-state index contributed by atoms with van der Waals surface area (Å²) < 4.78 is 5.35. The molecule has 1 heterocycles. The Bertz CT molecular complexity index is 1000. The third kappa shape index (κ3) is 4.91. The van der Waals surface area contributed by atoms with E-state index in [4.69, 9.17) is 4.74 Å². The summed E-state index contributed by atoms with van der Waals surface area (Å²) >= 11 is 1.29. The summed E-state index contributed by atoms with van der Waals surface area (Å²) in [5.41, 5.74) is 2.05. The molecule has 0 spiro atoms. The maximum Gasteiger partial charge on any atom is 0.412 e. The number of ketones is 1. The van der Waals surface area contributed by atoms with Gasteiger partial charge in [0.2, 0.25) is 0 Å². The largest absolute Gasteiger partial charge is 0.444 e. The minimum Gasteiger partial charge on any atom is -0.444 e. The van der Waals surface area contributed by atoms with Crippen molar-refractivity contribution in [2.45, 2.75) is 26.4 Å². The fourth-order valence-electron chi connectivity index (χ4n) is 2.93. The van der Waals surface area contributed by atoms with Crippen LogP contribution >= 0.6 is 11.3 Å². The van der Waals surface area contributed by atoms with Crippen molar-refractivity contribution in [1.82, 2.24) is 0 Å². The van der Waals surface area contributed by atoms with Gasteiger partial charge in [0.1, 0.15) is 17.2 Å². The van der Waals surface area contributed by atoms with Crippen LogP contribution in [0.5, 0.6) is 0 Å². The van der Waals surface area contributed by atoms with Crippen LogP contribution in [-0.4, -0.2) is 29.2 Å². The summed E-state index contributed by atoms with van der Waals surface area (Å²) in [4.78, 5) is 25.9.